The highest BCUT2D eigenvalue weighted by Crippen LogP contribution is 2.30. The molecule has 2 heterocycles. The van der Waals surface area contributed by atoms with Crippen LogP contribution in [0.5, 0.6) is 5.75 Å². The number of methoxy groups -OCH3 is 1. The maximum absolute atomic E-state index is 5.73. The van der Waals surface area contributed by atoms with Gasteiger partial charge in [0.2, 0.25) is 5.95 Å². The van der Waals surface area contributed by atoms with E-state index in [2.05, 4.69) is 20.2 Å². The third-order valence-electron chi connectivity index (χ3n) is 3.02. The molecule has 0 atom stereocenters. The lowest BCUT2D eigenvalue weighted by molar-refractivity contribution is 0.414. The number of aromatic amines is 1. The molecule has 96 valence electrons. The van der Waals surface area contributed by atoms with Gasteiger partial charge in [0.05, 0.1) is 24.4 Å². The smallest absolute Gasteiger partial charge is 0.222 e. The summed E-state index contributed by atoms with van der Waals surface area (Å²) in [7, 11) is 1.64. The molecule has 0 bridgehead atoms. The van der Waals surface area contributed by atoms with E-state index in [9.17, 15) is 0 Å². The zero-order valence-electron chi connectivity index (χ0n) is 10.6. The molecule has 0 aliphatic heterocycles. The number of rotatable bonds is 2. The molecule has 0 aliphatic carbocycles. The van der Waals surface area contributed by atoms with Crippen LogP contribution in [0.3, 0.4) is 0 Å². The first kappa shape index (κ1) is 11.5. The number of H-pyrrole nitrogens is 1. The predicted molar refractivity (Wildman–Crippen MR) is 72.8 cm³/mol. The Morgan fingerprint density at radius 1 is 1.26 bits per heavy atom. The number of nitrogen functional groups attached to an aromatic ring is 1. The van der Waals surface area contributed by atoms with E-state index < -0.39 is 0 Å². The lowest BCUT2D eigenvalue weighted by Gasteiger charge is -2.08. The topological polar surface area (TPSA) is 89.7 Å². The standard InChI is InChI=1S/C13H13N5O/c1-7-5-8(19-2)3-4-9(7)11-10-6-15-18-12(10)17-13(14)16-11/h3-6H,1-2H3,(H3,14,15,16,17,18). The van der Waals surface area contributed by atoms with Gasteiger partial charge in [0.15, 0.2) is 5.65 Å². The van der Waals surface area contributed by atoms with E-state index >= 15 is 0 Å². The second kappa shape index (κ2) is 4.24. The van der Waals surface area contributed by atoms with Crippen LogP contribution < -0.4 is 10.5 Å². The van der Waals surface area contributed by atoms with Gasteiger partial charge in [-0.05, 0) is 30.7 Å². The molecule has 0 aliphatic rings. The molecular weight excluding hydrogens is 242 g/mol. The molecule has 0 amide bonds. The van der Waals surface area contributed by atoms with E-state index in [1.165, 1.54) is 0 Å². The van der Waals surface area contributed by atoms with Crippen LogP contribution in [0, 0.1) is 6.92 Å². The number of hydrogen-bond acceptors (Lipinski definition) is 5. The Bertz CT molecular complexity index is 750. The van der Waals surface area contributed by atoms with Gasteiger partial charge in [-0.2, -0.15) is 10.1 Å². The summed E-state index contributed by atoms with van der Waals surface area (Å²) in [5.41, 5.74) is 9.19. The summed E-state index contributed by atoms with van der Waals surface area (Å²) in [4.78, 5) is 8.44. The van der Waals surface area contributed by atoms with Crippen LogP contribution in [0.4, 0.5) is 5.95 Å². The van der Waals surface area contributed by atoms with Gasteiger partial charge in [0.25, 0.3) is 0 Å². The van der Waals surface area contributed by atoms with Crippen molar-refractivity contribution in [3.63, 3.8) is 0 Å². The van der Waals surface area contributed by atoms with Gasteiger partial charge in [0, 0.05) is 5.56 Å². The molecule has 0 radical (unpaired) electrons. The summed E-state index contributed by atoms with van der Waals surface area (Å²) < 4.78 is 5.21. The molecule has 3 N–H and O–H groups in total. The van der Waals surface area contributed by atoms with Crippen molar-refractivity contribution >= 4 is 17.0 Å². The number of benzene rings is 1. The number of hydrogen-bond donors (Lipinski definition) is 2. The van der Waals surface area contributed by atoms with Crippen molar-refractivity contribution in [1.82, 2.24) is 20.2 Å². The molecule has 0 saturated heterocycles. The Hall–Kier alpha value is -2.63. The van der Waals surface area contributed by atoms with E-state index in [0.29, 0.717) is 5.65 Å². The maximum Gasteiger partial charge on any atom is 0.222 e. The number of aromatic nitrogens is 4. The Labute approximate surface area is 109 Å². The van der Waals surface area contributed by atoms with E-state index in [4.69, 9.17) is 10.5 Å². The van der Waals surface area contributed by atoms with Gasteiger partial charge in [-0.1, -0.05) is 0 Å². The normalized spacial score (nSPS) is 10.8. The lowest BCUT2D eigenvalue weighted by Crippen LogP contribution is -1.98. The van der Waals surface area contributed by atoms with Crippen LogP contribution in [0.2, 0.25) is 0 Å². The molecule has 19 heavy (non-hydrogen) atoms. The highest BCUT2D eigenvalue weighted by Gasteiger charge is 2.12. The lowest BCUT2D eigenvalue weighted by atomic mass is 10.0. The minimum absolute atomic E-state index is 0.224. The van der Waals surface area contributed by atoms with Crippen molar-refractivity contribution in [2.24, 2.45) is 0 Å². The summed E-state index contributed by atoms with van der Waals surface area (Å²) >= 11 is 0. The summed E-state index contributed by atoms with van der Waals surface area (Å²) in [5, 5.41) is 7.64. The predicted octanol–water partition coefficient (Wildman–Crippen LogP) is 1.92. The minimum atomic E-state index is 0.224. The van der Waals surface area contributed by atoms with Gasteiger partial charge in [0.1, 0.15) is 5.75 Å². The molecule has 6 heteroatoms. The monoisotopic (exact) mass is 255 g/mol. The highest BCUT2D eigenvalue weighted by atomic mass is 16.5. The second-order valence-corrected chi connectivity index (χ2v) is 4.24. The minimum Gasteiger partial charge on any atom is -0.497 e. The summed E-state index contributed by atoms with van der Waals surface area (Å²) in [6.07, 6.45) is 1.70. The third-order valence-corrected chi connectivity index (χ3v) is 3.02. The number of anilines is 1. The molecule has 0 saturated carbocycles. The van der Waals surface area contributed by atoms with Gasteiger partial charge in [-0.15, -0.1) is 0 Å². The Morgan fingerprint density at radius 2 is 2.11 bits per heavy atom. The first-order chi connectivity index (χ1) is 9.19. The van der Waals surface area contributed by atoms with Crippen LogP contribution >= 0.6 is 0 Å². The van der Waals surface area contributed by atoms with E-state index in [1.807, 2.05) is 25.1 Å². The first-order valence-electron chi connectivity index (χ1n) is 5.80. The zero-order chi connectivity index (χ0) is 13.4. The zero-order valence-corrected chi connectivity index (χ0v) is 10.6. The average Bonchev–Trinajstić information content (AvgIpc) is 2.85. The average molecular weight is 255 g/mol. The molecule has 0 spiro atoms. The van der Waals surface area contributed by atoms with E-state index in [0.717, 1.165) is 28.0 Å². The number of nitrogens with two attached hydrogens (primary N) is 1. The van der Waals surface area contributed by atoms with Gasteiger partial charge >= 0.3 is 0 Å². The number of ether oxygens (including phenoxy) is 1. The molecule has 6 nitrogen and oxygen atoms in total. The van der Waals surface area contributed by atoms with E-state index in [1.54, 1.807) is 13.3 Å². The van der Waals surface area contributed by atoms with E-state index in [-0.39, 0.29) is 5.95 Å². The maximum atomic E-state index is 5.73. The van der Waals surface area contributed by atoms with Gasteiger partial charge in [-0.3, -0.25) is 5.10 Å². The van der Waals surface area contributed by atoms with Crippen molar-refractivity contribution in [2.45, 2.75) is 6.92 Å². The molecule has 1 aromatic carbocycles. The fraction of sp³-hybridized carbons (Fsp3) is 0.154. The summed E-state index contributed by atoms with van der Waals surface area (Å²) in [6, 6.07) is 5.81. The molecular formula is C13H13N5O. The van der Waals surface area contributed by atoms with Crippen molar-refractivity contribution in [2.75, 3.05) is 12.8 Å². The van der Waals surface area contributed by atoms with Crippen molar-refractivity contribution < 1.29 is 4.74 Å². The van der Waals surface area contributed by atoms with Crippen LogP contribution in [0.1, 0.15) is 5.56 Å². The van der Waals surface area contributed by atoms with Crippen LogP contribution in [-0.4, -0.2) is 27.3 Å². The van der Waals surface area contributed by atoms with Crippen LogP contribution in [-0.2, 0) is 0 Å². The highest BCUT2D eigenvalue weighted by molar-refractivity contribution is 5.91. The molecule has 2 aromatic heterocycles. The Morgan fingerprint density at radius 3 is 2.84 bits per heavy atom. The number of nitrogens with zero attached hydrogens (tertiary/aromatic N) is 3. The fourth-order valence-electron chi connectivity index (χ4n) is 2.09. The summed E-state index contributed by atoms with van der Waals surface area (Å²) in [5.74, 6) is 1.04. The van der Waals surface area contributed by atoms with Crippen LogP contribution in [0.25, 0.3) is 22.3 Å². The van der Waals surface area contributed by atoms with Gasteiger partial charge in [-0.25, -0.2) is 4.98 Å². The molecule has 0 fully saturated rings. The number of fused-ring (bicyclic) bond motifs is 1. The van der Waals surface area contributed by atoms with Crippen molar-refractivity contribution in [3.8, 4) is 17.0 Å². The quantitative estimate of drug-likeness (QED) is 0.730. The molecule has 3 rings (SSSR count). The van der Waals surface area contributed by atoms with Crippen LogP contribution in [0.15, 0.2) is 24.4 Å². The number of aryl methyl sites for hydroxylation is 1. The Balaban J connectivity index is 2.26. The SMILES string of the molecule is COc1ccc(-c2nc(N)nc3[nH]ncc23)c(C)c1. The fourth-order valence-corrected chi connectivity index (χ4v) is 2.09. The second-order valence-electron chi connectivity index (χ2n) is 4.24. The van der Waals surface area contributed by atoms with Crippen molar-refractivity contribution in [1.29, 1.82) is 0 Å². The molecule has 3 aromatic rings. The summed E-state index contributed by atoms with van der Waals surface area (Å²) in [6.45, 7) is 2.00. The first-order valence-corrected chi connectivity index (χ1v) is 5.80. The molecule has 0 unspecified atom stereocenters. The third kappa shape index (κ3) is 1.87. The largest absolute Gasteiger partial charge is 0.497 e. The van der Waals surface area contributed by atoms with Gasteiger partial charge < -0.3 is 10.5 Å². The van der Waals surface area contributed by atoms with Crippen molar-refractivity contribution in [3.05, 3.63) is 30.0 Å². The Kier molecular flexibility index (Phi) is 2.56. The number of nitrogens with one attached hydrogen (secondary N) is 1.